The van der Waals surface area contributed by atoms with Crippen molar-refractivity contribution in [2.75, 3.05) is 14.2 Å². The van der Waals surface area contributed by atoms with Crippen LogP contribution in [0.2, 0.25) is 0 Å². The Morgan fingerprint density at radius 1 is 1.04 bits per heavy atom. The largest absolute Gasteiger partial charge is 0.493 e. The molecule has 1 aliphatic carbocycles. The number of benzene rings is 1. The molecule has 2 N–H and O–H groups in total. The second-order valence-corrected chi connectivity index (χ2v) is 6.09. The van der Waals surface area contributed by atoms with Gasteiger partial charge >= 0.3 is 6.03 Å². The van der Waals surface area contributed by atoms with Crippen LogP contribution < -0.4 is 20.1 Å². The number of carbonyl (C=O) groups is 1. The molecular weight excluding hydrogens is 318 g/mol. The molecule has 0 spiro atoms. The first-order chi connectivity index (χ1) is 12.2. The van der Waals surface area contributed by atoms with Gasteiger partial charge in [-0.2, -0.15) is 0 Å². The topological polar surface area (TPSA) is 72.5 Å². The molecule has 132 valence electrons. The quantitative estimate of drug-likeness (QED) is 0.812. The van der Waals surface area contributed by atoms with Gasteiger partial charge in [-0.25, -0.2) is 4.79 Å². The Morgan fingerprint density at radius 2 is 1.72 bits per heavy atom. The molecule has 1 aromatic heterocycles. The van der Waals surface area contributed by atoms with E-state index in [4.69, 9.17) is 9.47 Å². The number of urea groups is 1. The molecule has 0 unspecified atom stereocenters. The maximum atomic E-state index is 12.0. The SMILES string of the molecule is COc1ccc(CNC(=O)NCc2ccc(C3CC3)nc2)cc1OC. The monoisotopic (exact) mass is 341 g/mol. The minimum absolute atomic E-state index is 0.221. The second kappa shape index (κ2) is 7.88. The van der Waals surface area contributed by atoms with Crippen LogP contribution in [0, 0.1) is 0 Å². The highest BCUT2D eigenvalue weighted by Gasteiger charge is 2.24. The summed E-state index contributed by atoms with van der Waals surface area (Å²) in [5, 5.41) is 5.67. The van der Waals surface area contributed by atoms with Crippen molar-refractivity contribution in [3.8, 4) is 11.5 Å². The number of hydrogen-bond acceptors (Lipinski definition) is 4. The number of methoxy groups -OCH3 is 2. The van der Waals surface area contributed by atoms with Gasteiger partial charge in [-0.3, -0.25) is 4.98 Å². The zero-order chi connectivity index (χ0) is 17.6. The van der Waals surface area contributed by atoms with E-state index in [0.717, 1.165) is 16.8 Å². The number of rotatable bonds is 7. The predicted molar refractivity (Wildman–Crippen MR) is 94.8 cm³/mol. The van der Waals surface area contributed by atoms with Crippen molar-refractivity contribution in [2.24, 2.45) is 0 Å². The molecule has 1 heterocycles. The Morgan fingerprint density at radius 3 is 2.32 bits per heavy atom. The van der Waals surface area contributed by atoms with Gasteiger partial charge in [-0.05, 0) is 42.2 Å². The van der Waals surface area contributed by atoms with Crippen LogP contribution >= 0.6 is 0 Å². The number of carbonyl (C=O) groups excluding carboxylic acids is 1. The minimum Gasteiger partial charge on any atom is -0.493 e. The highest BCUT2D eigenvalue weighted by atomic mass is 16.5. The first-order valence-electron chi connectivity index (χ1n) is 8.37. The van der Waals surface area contributed by atoms with Gasteiger partial charge in [0.15, 0.2) is 11.5 Å². The summed E-state index contributed by atoms with van der Waals surface area (Å²) >= 11 is 0. The number of nitrogens with zero attached hydrogens (tertiary/aromatic N) is 1. The zero-order valence-electron chi connectivity index (χ0n) is 14.5. The number of hydrogen-bond donors (Lipinski definition) is 2. The van der Waals surface area contributed by atoms with Crippen LogP contribution in [0.25, 0.3) is 0 Å². The summed E-state index contributed by atoms with van der Waals surface area (Å²) in [6, 6.07) is 9.41. The molecule has 2 aromatic rings. The smallest absolute Gasteiger partial charge is 0.315 e. The molecule has 6 heteroatoms. The minimum atomic E-state index is -0.221. The average Bonchev–Trinajstić information content (AvgIpc) is 3.50. The highest BCUT2D eigenvalue weighted by Crippen LogP contribution is 2.38. The first kappa shape index (κ1) is 17.1. The van der Waals surface area contributed by atoms with Gasteiger partial charge in [0.1, 0.15) is 0 Å². The molecule has 0 aliphatic heterocycles. The van der Waals surface area contributed by atoms with E-state index in [1.807, 2.05) is 30.5 Å². The summed E-state index contributed by atoms with van der Waals surface area (Å²) in [5.74, 6) is 1.95. The van der Waals surface area contributed by atoms with E-state index in [0.29, 0.717) is 30.5 Å². The van der Waals surface area contributed by atoms with Crippen molar-refractivity contribution in [2.45, 2.75) is 31.8 Å². The van der Waals surface area contributed by atoms with Gasteiger partial charge in [0.2, 0.25) is 0 Å². The molecule has 1 fully saturated rings. The standard InChI is InChI=1S/C19H23N3O3/c1-24-17-8-4-13(9-18(17)25-2)10-21-19(23)22-12-14-3-7-16(20-11-14)15-5-6-15/h3-4,7-9,11,15H,5-6,10,12H2,1-2H3,(H2,21,22,23). The normalized spacial score (nSPS) is 13.2. The van der Waals surface area contributed by atoms with E-state index in [-0.39, 0.29) is 6.03 Å². The summed E-state index contributed by atoms with van der Waals surface area (Å²) in [4.78, 5) is 16.4. The summed E-state index contributed by atoms with van der Waals surface area (Å²) in [5.41, 5.74) is 3.08. The van der Waals surface area contributed by atoms with Gasteiger partial charge in [-0.1, -0.05) is 12.1 Å². The first-order valence-corrected chi connectivity index (χ1v) is 8.37. The maximum Gasteiger partial charge on any atom is 0.315 e. The Hall–Kier alpha value is -2.76. The number of ether oxygens (including phenoxy) is 2. The van der Waals surface area contributed by atoms with E-state index in [1.54, 1.807) is 14.2 Å². The van der Waals surface area contributed by atoms with Gasteiger partial charge in [0.25, 0.3) is 0 Å². The summed E-state index contributed by atoms with van der Waals surface area (Å²) in [7, 11) is 3.18. The average molecular weight is 341 g/mol. The zero-order valence-corrected chi connectivity index (χ0v) is 14.5. The van der Waals surface area contributed by atoms with Crippen molar-refractivity contribution in [3.05, 3.63) is 53.3 Å². The Kier molecular flexibility index (Phi) is 5.38. The molecule has 2 amide bonds. The van der Waals surface area contributed by atoms with Gasteiger partial charge in [0, 0.05) is 30.9 Å². The number of nitrogens with one attached hydrogen (secondary N) is 2. The summed E-state index contributed by atoms with van der Waals surface area (Å²) < 4.78 is 10.5. The van der Waals surface area contributed by atoms with Crippen LogP contribution in [-0.2, 0) is 13.1 Å². The lowest BCUT2D eigenvalue weighted by Crippen LogP contribution is -2.34. The Bertz CT molecular complexity index is 727. The van der Waals surface area contributed by atoms with Gasteiger partial charge in [0.05, 0.1) is 14.2 Å². The van der Waals surface area contributed by atoms with Crippen LogP contribution in [0.5, 0.6) is 11.5 Å². The van der Waals surface area contributed by atoms with Crippen LogP contribution in [0.3, 0.4) is 0 Å². The van der Waals surface area contributed by atoms with Crippen molar-refractivity contribution in [1.29, 1.82) is 0 Å². The molecule has 1 aromatic carbocycles. The highest BCUT2D eigenvalue weighted by molar-refractivity contribution is 5.73. The van der Waals surface area contributed by atoms with Gasteiger partial charge < -0.3 is 20.1 Å². The lowest BCUT2D eigenvalue weighted by molar-refractivity contribution is 0.240. The fourth-order valence-corrected chi connectivity index (χ4v) is 2.58. The molecule has 0 bridgehead atoms. The molecule has 1 aliphatic rings. The molecule has 0 atom stereocenters. The van der Waals surface area contributed by atoms with E-state index >= 15 is 0 Å². The molecule has 1 saturated carbocycles. The van der Waals surface area contributed by atoms with Crippen molar-refractivity contribution in [3.63, 3.8) is 0 Å². The molecule has 0 radical (unpaired) electrons. The van der Waals surface area contributed by atoms with Crippen LogP contribution in [-0.4, -0.2) is 25.2 Å². The van der Waals surface area contributed by atoms with E-state index in [2.05, 4.69) is 21.7 Å². The van der Waals surface area contributed by atoms with Crippen LogP contribution in [0.4, 0.5) is 4.79 Å². The van der Waals surface area contributed by atoms with Crippen LogP contribution in [0.15, 0.2) is 36.5 Å². The lowest BCUT2D eigenvalue weighted by Gasteiger charge is -2.11. The van der Waals surface area contributed by atoms with E-state index in [9.17, 15) is 4.79 Å². The number of aromatic nitrogens is 1. The number of amides is 2. The Balaban J connectivity index is 1.46. The number of pyridine rings is 1. The molecular formula is C19H23N3O3. The van der Waals surface area contributed by atoms with Crippen LogP contribution in [0.1, 0.15) is 35.6 Å². The summed E-state index contributed by atoms with van der Waals surface area (Å²) in [6.07, 6.45) is 4.31. The van der Waals surface area contributed by atoms with Crippen molar-refractivity contribution >= 4 is 6.03 Å². The van der Waals surface area contributed by atoms with Crippen molar-refractivity contribution < 1.29 is 14.3 Å². The second-order valence-electron chi connectivity index (χ2n) is 6.09. The molecule has 6 nitrogen and oxygen atoms in total. The van der Waals surface area contributed by atoms with E-state index in [1.165, 1.54) is 12.8 Å². The third-order valence-corrected chi connectivity index (χ3v) is 4.20. The predicted octanol–water partition coefficient (Wildman–Crippen LogP) is 2.98. The third kappa shape index (κ3) is 4.62. The molecule has 3 rings (SSSR count). The lowest BCUT2D eigenvalue weighted by atomic mass is 10.2. The maximum absolute atomic E-state index is 12.0. The molecule has 25 heavy (non-hydrogen) atoms. The fraction of sp³-hybridized carbons (Fsp3) is 0.368. The van der Waals surface area contributed by atoms with Crippen molar-refractivity contribution in [1.82, 2.24) is 15.6 Å². The third-order valence-electron chi connectivity index (χ3n) is 4.20. The van der Waals surface area contributed by atoms with Gasteiger partial charge in [-0.15, -0.1) is 0 Å². The summed E-state index contributed by atoms with van der Waals surface area (Å²) in [6.45, 7) is 0.862. The Labute approximate surface area is 147 Å². The fourth-order valence-electron chi connectivity index (χ4n) is 2.58. The van der Waals surface area contributed by atoms with E-state index < -0.39 is 0 Å². The molecule has 0 saturated heterocycles.